The Bertz CT molecular complexity index is 302. The van der Waals surface area contributed by atoms with Crippen LogP contribution in [0.5, 0.6) is 5.88 Å². The summed E-state index contributed by atoms with van der Waals surface area (Å²) < 4.78 is 5.24. The van der Waals surface area contributed by atoms with Gasteiger partial charge in [0.05, 0.1) is 12.7 Å². The summed E-state index contributed by atoms with van der Waals surface area (Å²) in [6.45, 7) is 3.14. The summed E-state index contributed by atoms with van der Waals surface area (Å²) in [5.74, 6) is 0.738. The summed E-state index contributed by atoms with van der Waals surface area (Å²) in [5.41, 5.74) is 2.31. The van der Waals surface area contributed by atoms with Gasteiger partial charge in [-0.3, -0.25) is 5.10 Å². The molecule has 1 atom stereocenters. The molecule has 14 heavy (non-hydrogen) atoms. The van der Waals surface area contributed by atoms with Crippen LogP contribution in [-0.2, 0) is 0 Å². The van der Waals surface area contributed by atoms with E-state index in [2.05, 4.69) is 15.5 Å². The van der Waals surface area contributed by atoms with E-state index < -0.39 is 0 Å². The Kier molecular flexibility index (Phi) is 2.72. The Hall–Kier alpha value is -1.03. The summed E-state index contributed by atoms with van der Waals surface area (Å²) in [7, 11) is 1.67. The van der Waals surface area contributed by atoms with E-state index in [4.69, 9.17) is 4.74 Å². The average Bonchev–Trinajstić information content (AvgIpc) is 2.61. The normalized spacial score (nSPS) is 22.3. The van der Waals surface area contributed by atoms with Crippen LogP contribution in [0.3, 0.4) is 0 Å². The fraction of sp³-hybridized carbons (Fsp3) is 0.700. The van der Waals surface area contributed by atoms with Crippen LogP contribution >= 0.6 is 0 Å². The second-order valence-corrected chi connectivity index (χ2v) is 3.77. The molecule has 1 aromatic rings. The highest BCUT2D eigenvalue weighted by Gasteiger charge is 2.22. The zero-order valence-corrected chi connectivity index (χ0v) is 8.76. The number of aromatic amines is 1. The molecule has 1 aliphatic rings. The van der Waals surface area contributed by atoms with Gasteiger partial charge in [-0.15, -0.1) is 5.10 Å². The van der Waals surface area contributed by atoms with Gasteiger partial charge in [-0.25, -0.2) is 0 Å². The van der Waals surface area contributed by atoms with E-state index in [1.54, 1.807) is 7.11 Å². The zero-order chi connectivity index (χ0) is 9.97. The number of nitrogens with one attached hydrogen (secondary N) is 2. The summed E-state index contributed by atoms with van der Waals surface area (Å²) >= 11 is 0. The molecule has 4 heteroatoms. The van der Waals surface area contributed by atoms with E-state index in [1.165, 1.54) is 24.8 Å². The van der Waals surface area contributed by atoms with Gasteiger partial charge in [-0.05, 0) is 26.3 Å². The van der Waals surface area contributed by atoms with E-state index in [9.17, 15) is 0 Å². The Morgan fingerprint density at radius 1 is 1.43 bits per heavy atom. The lowest BCUT2D eigenvalue weighted by molar-refractivity contribution is 0.365. The molecule has 0 amide bonds. The number of rotatable bonds is 2. The quantitative estimate of drug-likeness (QED) is 0.752. The molecule has 2 rings (SSSR count). The third-order valence-corrected chi connectivity index (χ3v) is 2.81. The van der Waals surface area contributed by atoms with Crippen LogP contribution in [0, 0.1) is 6.92 Å². The Labute approximate surface area is 84.0 Å². The van der Waals surface area contributed by atoms with Gasteiger partial charge in [-0.1, -0.05) is 6.42 Å². The van der Waals surface area contributed by atoms with Crippen LogP contribution in [0.1, 0.15) is 36.6 Å². The van der Waals surface area contributed by atoms with Crippen molar-refractivity contribution in [2.45, 2.75) is 32.2 Å². The maximum atomic E-state index is 5.24. The largest absolute Gasteiger partial charge is 0.480 e. The molecule has 1 fully saturated rings. The van der Waals surface area contributed by atoms with Crippen molar-refractivity contribution in [3.05, 3.63) is 11.3 Å². The van der Waals surface area contributed by atoms with Crippen molar-refractivity contribution in [1.29, 1.82) is 0 Å². The van der Waals surface area contributed by atoms with Crippen molar-refractivity contribution in [3.8, 4) is 5.88 Å². The fourth-order valence-electron chi connectivity index (χ4n) is 2.08. The summed E-state index contributed by atoms with van der Waals surface area (Å²) in [4.78, 5) is 0. The van der Waals surface area contributed by atoms with E-state index in [-0.39, 0.29) is 0 Å². The van der Waals surface area contributed by atoms with Crippen LogP contribution < -0.4 is 10.1 Å². The first-order valence-electron chi connectivity index (χ1n) is 5.15. The molecule has 78 valence electrons. The average molecular weight is 195 g/mol. The van der Waals surface area contributed by atoms with Gasteiger partial charge in [0.1, 0.15) is 0 Å². The molecule has 1 aromatic heterocycles. The highest BCUT2D eigenvalue weighted by atomic mass is 16.5. The monoisotopic (exact) mass is 195 g/mol. The van der Waals surface area contributed by atoms with Gasteiger partial charge in [0.2, 0.25) is 5.88 Å². The Morgan fingerprint density at radius 2 is 2.29 bits per heavy atom. The number of aryl methyl sites for hydroxylation is 1. The molecule has 0 aromatic carbocycles. The molecule has 0 radical (unpaired) electrons. The molecule has 1 saturated heterocycles. The van der Waals surface area contributed by atoms with Crippen molar-refractivity contribution in [1.82, 2.24) is 15.5 Å². The number of nitrogens with zero attached hydrogens (tertiary/aromatic N) is 1. The number of H-pyrrole nitrogens is 1. The number of ether oxygens (including phenoxy) is 1. The van der Waals surface area contributed by atoms with Crippen LogP contribution in [0.15, 0.2) is 0 Å². The lowest BCUT2D eigenvalue weighted by Crippen LogP contribution is -2.27. The highest BCUT2D eigenvalue weighted by molar-refractivity contribution is 5.33. The maximum absolute atomic E-state index is 5.24. The van der Waals surface area contributed by atoms with Crippen molar-refractivity contribution in [3.63, 3.8) is 0 Å². The first-order valence-corrected chi connectivity index (χ1v) is 5.15. The van der Waals surface area contributed by atoms with E-state index in [0.717, 1.165) is 18.1 Å². The third kappa shape index (κ3) is 1.62. The van der Waals surface area contributed by atoms with Gasteiger partial charge in [0, 0.05) is 11.7 Å². The SMILES string of the molecule is COc1n[nH]c(C)c1C1CCCCN1. The lowest BCUT2D eigenvalue weighted by atomic mass is 9.98. The van der Waals surface area contributed by atoms with Crippen molar-refractivity contribution >= 4 is 0 Å². The minimum atomic E-state index is 0.414. The van der Waals surface area contributed by atoms with Gasteiger partial charge >= 0.3 is 0 Å². The molecule has 4 nitrogen and oxygen atoms in total. The molecule has 0 spiro atoms. The number of methoxy groups -OCH3 is 1. The molecular weight excluding hydrogens is 178 g/mol. The third-order valence-electron chi connectivity index (χ3n) is 2.81. The number of hydrogen-bond acceptors (Lipinski definition) is 3. The summed E-state index contributed by atoms with van der Waals surface area (Å²) in [5, 5.41) is 10.6. The second-order valence-electron chi connectivity index (χ2n) is 3.77. The predicted molar refractivity (Wildman–Crippen MR) is 54.5 cm³/mol. The second kappa shape index (κ2) is 4.00. The van der Waals surface area contributed by atoms with E-state index >= 15 is 0 Å². The minimum Gasteiger partial charge on any atom is -0.480 e. The van der Waals surface area contributed by atoms with Crippen LogP contribution in [0.4, 0.5) is 0 Å². The van der Waals surface area contributed by atoms with Crippen molar-refractivity contribution in [2.75, 3.05) is 13.7 Å². The van der Waals surface area contributed by atoms with Crippen molar-refractivity contribution < 1.29 is 4.74 Å². The molecule has 1 aliphatic heterocycles. The van der Waals surface area contributed by atoms with E-state index in [0.29, 0.717) is 6.04 Å². The predicted octanol–water partition coefficient (Wildman–Crippen LogP) is 1.54. The Morgan fingerprint density at radius 3 is 2.93 bits per heavy atom. The lowest BCUT2D eigenvalue weighted by Gasteiger charge is -2.23. The molecule has 0 aliphatic carbocycles. The number of hydrogen-bond donors (Lipinski definition) is 2. The zero-order valence-electron chi connectivity index (χ0n) is 8.76. The van der Waals surface area contributed by atoms with Crippen LogP contribution in [0.2, 0.25) is 0 Å². The smallest absolute Gasteiger partial charge is 0.237 e. The molecule has 2 N–H and O–H groups in total. The standard InChI is InChI=1S/C10H17N3O/c1-7-9(10(14-2)13-12-7)8-5-3-4-6-11-8/h8,11H,3-6H2,1-2H3,(H,12,13). The van der Waals surface area contributed by atoms with Gasteiger partial charge in [0.15, 0.2) is 0 Å². The molecule has 1 unspecified atom stereocenters. The fourth-order valence-corrected chi connectivity index (χ4v) is 2.08. The van der Waals surface area contributed by atoms with Gasteiger partial charge < -0.3 is 10.1 Å². The molecule has 0 bridgehead atoms. The molecule has 0 saturated carbocycles. The highest BCUT2D eigenvalue weighted by Crippen LogP contribution is 2.30. The topological polar surface area (TPSA) is 49.9 Å². The van der Waals surface area contributed by atoms with Crippen LogP contribution in [0.25, 0.3) is 0 Å². The number of aromatic nitrogens is 2. The number of piperidine rings is 1. The maximum Gasteiger partial charge on any atom is 0.237 e. The first-order chi connectivity index (χ1) is 6.83. The first kappa shape index (κ1) is 9.52. The molecular formula is C10H17N3O. The van der Waals surface area contributed by atoms with Gasteiger partial charge in [-0.2, -0.15) is 0 Å². The van der Waals surface area contributed by atoms with Gasteiger partial charge in [0.25, 0.3) is 0 Å². The summed E-state index contributed by atoms with van der Waals surface area (Å²) in [6.07, 6.45) is 3.73. The summed E-state index contributed by atoms with van der Waals surface area (Å²) in [6, 6.07) is 0.414. The van der Waals surface area contributed by atoms with Crippen molar-refractivity contribution in [2.24, 2.45) is 0 Å². The van der Waals surface area contributed by atoms with E-state index in [1.807, 2.05) is 6.92 Å². The molecule has 2 heterocycles. The Balaban J connectivity index is 2.23. The van der Waals surface area contributed by atoms with Crippen LogP contribution in [-0.4, -0.2) is 23.9 Å². The minimum absolute atomic E-state index is 0.414.